The van der Waals surface area contributed by atoms with Crippen LogP contribution in [0.5, 0.6) is 0 Å². The number of ketones is 1. The zero-order valence-corrected chi connectivity index (χ0v) is 18.0. The lowest BCUT2D eigenvalue weighted by Crippen LogP contribution is -2.14. The fraction of sp³-hybridized carbons (Fsp3) is 0.360. The van der Waals surface area contributed by atoms with Crippen molar-refractivity contribution in [3.8, 4) is 5.69 Å². The number of hydrogen-bond donors (Lipinski definition) is 0. The number of hydrogen-bond acceptors (Lipinski definition) is 2. The van der Waals surface area contributed by atoms with E-state index in [2.05, 4.69) is 35.6 Å². The molecule has 2 heterocycles. The van der Waals surface area contributed by atoms with Crippen LogP contribution in [0, 0.1) is 11.6 Å². The Kier molecular flexibility index (Phi) is 4.68. The summed E-state index contributed by atoms with van der Waals surface area (Å²) in [5.41, 5.74) is 4.92. The van der Waals surface area contributed by atoms with Gasteiger partial charge in [-0.3, -0.25) is 9.48 Å². The molecular weight excluding hydrogens is 396 g/mol. The number of carbonyl (C=O) groups excluding carboxylic acids is 1. The van der Waals surface area contributed by atoms with Crippen LogP contribution < -0.4 is 0 Å². The van der Waals surface area contributed by atoms with Crippen molar-refractivity contribution in [2.24, 2.45) is 7.05 Å². The fourth-order valence-electron chi connectivity index (χ4n) is 5.11. The quantitative estimate of drug-likeness (QED) is 0.398. The van der Waals surface area contributed by atoms with E-state index in [1.165, 1.54) is 17.7 Å². The summed E-state index contributed by atoms with van der Waals surface area (Å²) in [7, 11) is 1.92. The summed E-state index contributed by atoms with van der Waals surface area (Å²) < 4.78 is 31.8. The summed E-state index contributed by atoms with van der Waals surface area (Å²) in [6, 6.07) is 8.32. The number of rotatable bonds is 3. The van der Waals surface area contributed by atoms with Gasteiger partial charge >= 0.3 is 0 Å². The predicted molar refractivity (Wildman–Crippen MR) is 118 cm³/mol. The lowest BCUT2D eigenvalue weighted by molar-refractivity contribution is -0.120. The van der Waals surface area contributed by atoms with Crippen molar-refractivity contribution in [3.63, 3.8) is 0 Å². The molecule has 4 aromatic rings. The average molecular weight is 421 g/mol. The van der Waals surface area contributed by atoms with E-state index in [0.29, 0.717) is 24.3 Å². The summed E-state index contributed by atoms with van der Waals surface area (Å²) in [5, 5.41) is 6.49. The van der Waals surface area contributed by atoms with Crippen LogP contribution in [0.2, 0.25) is 0 Å². The molecule has 0 atom stereocenters. The Morgan fingerprint density at radius 3 is 2.45 bits per heavy atom. The van der Waals surface area contributed by atoms with E-state index in [1.807, 2.05) is 17.9 Å². The van der Waals surface area contributed by atoms with Gasteiger partial charge in [-0.05, 0) is 54.5 Å². The molecule has 0 saturated heterocycles. The number of carbonyl (C=O) groups is 1. The molecule has 5 rings (SSSR count). The number of benzene rings is 2. The monoisotopic (exact) mass is 421 g/mol. The molecule has 6 heteroatoms. The maximum absolute atomic E-state index is 14.2. The molecule has 4 nitrogen and oxygen atoms in total. The molecular formula is C25H25F2N3O. The number of aromatic nitrogens is 3. The molecule has 2 aromatic heterocycles. The predicted octanol–water partition coefficient (Wildman–Crippen LogP) is 6.15. The van der Waals surface area contributed by atoms with Gasteiger partial charge in [-0.15, -0.1) is 0 Å². The molecule has 2 aromatic carbocycles. The van der Waals surface area contributed by atoms with Crippen LogP contribution in [0.3, 0.4) is 0 Å². The molecule has 0 N–H and O–H groups in total. The first-order valence-electron chi connectivity index (χ1n) is 10.8. The first-order valence-corrected chi connectivity index (χ1v) is 10.8. The van der Waals surface area contributed by atoms with Gasteiger partial charge in [0, 0.05) is 48.1 Å². The number of aryl methyl sites for hydroxylation is 1. The zero-order valence-electron chi connectivity index (χ0n) is 18.0. The maximum Gasteiger partial charge on any atom is 0.160 e. The van der Waals surface area contributed by atoms with Gasteiger partial charge in [-0.2, -0.15) is 5.10 Å². The molecule has 0 bridgehead atoms. The van der Waals surface area contributed by atoms with Crippen LogP contribution in [-0.4, -0.2) is 20.1 Å². The highest BCUT2D eigenvalue weighted by molar-refractivity contribution is 5.99. The largest absolute Gasteiger partial charge is 0.313 e. The Bertz CT molecular complexity index is 1320. The highest BCUT2D eigenvalue weighted by Gasteiger charge is 2.30. The van der Waals surface area contributed by atoms with Crippen molar-refractivity contribution in [1.29, 1.82) is 0 Å². The second kappa shape index (κ2) is 7.29. The topological polar surface area (TPSA) is 39.8 Å². The summed E-state index contributed by atoms with van der Waals surface area (Å²) in [6.07, 6.45) is 4.64. The third-order valence-corrected chi connectivity index (χ3v) is 6.57. The number of Topliss-reactive ketones (excluding diaryl/α,β-unsaturated/α-hetero) is 1. The molecule has 0 radical (unpaired) electrons. The van der Waals surface area contributed by atoms with Crippen molar-refractivity contribution in [2.45, 2.75) is 51.4 Å². The van der Waals surface area contributed by atoms with E-state index in [1.54, 1.807) is 6.07 Å². The van der Waals surface area contributed by atoms with Gasteiger partial charge in [0.1, 0.15) is 5.78 Å². The lowest BCUT2D eigenvalue weighted by Gasteiger charge is -2.24. The normalized spacial score (nSPS) is 15.6. The second-order valence-electron chi connectivity index (χ2n) is 8.90. The summed E-state index contributed by atoms with van der Waals surface area (Å²) in [4.78, 5) is 11.9. The van der Waals surface area contributed by atoms with Crippen LogP contribution in [0.4, 0.5) is 8.78 Å². The first kappa shape index (κ1) is 19.9. The average Bonchev–Trinajstić information content (AvgIpc) is 3.27. The van der Waals surface area contributed by atoms with Crippen LogP contribution >= 0.6 is 0 Å². The lowest BCUT2D eigenvalue weighted by atomic mass is 9.81. The highest BCUT2D eigenvalue weighted by atomic mass is 19.2. The van der Waals surface area contributed by atoms with E-state index < -0.39 is 11.6 Å². The van der Waals surface area contributed by atoms with Crippen molar-refractivity contribution >= 4 is 27.6 Å². The smallest absolute Gasteiger partial charge is 0.160 e. The third-order valence-electron chi connectivity index (χ3n) is 6.57. The summed E-state index contributed by atoms with van der Waals surface area (Å²) in [6.45, 7) is 4.26. The minimum Gasteiger partial charge on any atom is -0.313 e. The van der Waals surface area contributed by atoms with Gasteiger partial charge < -0.3 is 4.57 Å². The van der Waals surface area contributed by atoms with Crippen molar-refractivity contribution in [2.75, 3.05) is 0 Å². The molecule has 0 aliphatic heterocycles. The maximum atomic E-state index is 14.2. The Balaban J connectivity index is 1.87. The zero-order chi connectivity index (χ0) is 21.9. The third kappa shape index (κ3) is 3.16. The van der Waals surface area contributed by atoms with Crippen LogP contribution in [-0.2, 0) is 11.8 Å². The molecule has 1 saturated carbocycles. The van der Waals surface area contributed by atoms with E-state index in [-0.39, 0.29) is 11.8 Å². The SMILES string of the molecule is CC(C)c1c(C2CCC(=O)CC2)c2cc3c(cnn3C)cc2n1-c1ccc(F)c(F)c1. The molecule has 31 heavy (non-hydrogen) atoms. The highest BCUT2D eigenvalue weighted by Crippen LogP contribution is 2.44. The van der Waals surface area contributed by atoms with Crippen LogP contribution in [0.1, 0.15) is 62.6 Å². The summed E-state index contributed by atoms with van der Waals surface area (Å²) in [5.74, 6) is -0.974. The Labute approximate surface area is 179 Å². The molecule has 1 fully saturated rings. The fourth-order valence-corrected chi connectivity index (χ4v) is 5.11. The Hall–Kier alpha value is -3.02. The van der Waals surface area contributed by atoms with Gasteiger partial charge in [-0.1, -0.05) is 13.8 Å². The van der Waals surface area contributed by atoms with Crippen LogP contribution in [0.15, 0.2) is 36.5 Å². The van der Waals surface area contributed by atoms with Gasteiger partial charge in [-0.25, -0.2) is 8.78 Å². The summed E-state index contributed by atoms with van der Waals surface area (Å²) >= 11 is 0. The molecule has 1 aliphatic carbocycles. The van der Waals surface area contributed by atoms with Gasteiger partial charge in [0.05, 0.1) is 17.2 Å². The Morgan fingerprint density at radius 2 is 1.77 bits per heavy atom. The molecule has 0 unspecified atom stereocenters. The van der Waals surface area contributed by atoms with Gasteiger partial charge in [0.15, 0.2) is 11.6 Å². The van der Waals surface area contributed by atoms with Gasteiger partial charge in [0.2, 0.25) is 0 Å². The molecule has 160 valence electrons. The standard InChI is InChI=1S/C25H25F2N3O/c1-14(2)25-24(15-4-7-18(31)8-5-15)19-12-22-16(13-28-29(22)3)10-23(19)30(25)17-6-9-20(26)21(27)11-17/h6,9-15H,4-5,7-8H2,1-3H3. The minimum absolute atomic E-state index is 0.161. The van der Waals surface area contributed by atoms with Gasteiger partial charge in [0.25, 0.3) is 0 Å². The number of fused-ring (bicyclic) bond motifs is 2. The van der Waals surface area contributed by atoms with E-state index >= 15 is 0 Å². The second-order valence-corrected chi connectivity index (χ2v) is 8.90. The molecule has 1 aliphatic rings. The number of nitrogens with zero attached hydrogens (tertiary/aromatic N) is 3. The van der Waals surface area contributed by atoms with E-state index in [0.717, 1.165) is 40.3 Å². The van der Waals surface area contributed by atoms with Crippen molar-refractivity contribution in [3.05, 3.63) is 59.4 Å². The first-order chi connectivity index (χ1) is 14.8. The van der Waals surface area contributed by atoms with Crippen molar-refractivity contribution in [1.82, 2.24) is 14.3 Å². The van der Waals surface area contributed by atoms with Crippen molar-refractivity contribution < 1.29 is 13.6 Å². The molecule has 0 amide bonds. The van der Waals surface area contributed by atoms with Crippen LogP contribution in [0.25, 0.3) is 27.5 Å². The number of halogens is 2. The Morgan fingerprint density at radius 1 is 1.03 bits per heavy atom. The van der Waals surface area contributed by atoms with E-state index in [9.17, 15) is 13.6 Å². The van der Waals surface area contributed by atoms with E-state index in [4.69, 9.17) is 0 Å². The minimum atomic E-state index is -0.860. The molecule has 0 spiro atoms.